The minimum atomic E-state index is -3.44. The van der Waals surface area contributed by atoms with Crippen LogP contribution in [-0.4, -0.2) is 70.4 Å². The Morgan fingerprint density at radius 2 is 1.91 bits per heavy atom. The van der Waals surface area contributed by atoms with Gasteiger partial charge in [-0.3, -0.25) is 4.79 Å². The molecule has 0 unspecified atom stereocenters. The molecule has 134 valence electrons. The molecule has 0 radical (unpaired) electrons. The van der Waals surface area contributed by atoms with E-state index in [1.807, 2.05) is 6.92 Å². The Morgan fingerprint density at radius 1 is 1.22 bits per heavy atom. The van der Waals surface area contributed by atoms with Gasteiger partial charge in [0, 0.05) is 25.7 Å². The van der Waals surface area contributed by atoms with Gasteiger partial charge < -0.3 is 15.0 Å². The third-order valence-electron chi connectivity index (χ3n) is 4.38. The highest BCUT2D eigenvalue weighted by molar-refractivity contribution is 7.89. The molecule has 0 aromatic heterocycles. The van der Waals surface area contributed by atoms with Gasteiger partial charge >= 0.3 is 0 Å². The van der Waals surface area contributed by atoms with Crippen LogP contribution >= 0.6 is 0 Å². The Labute approximate surface area is 139 Å². The van der Waals surface area contributed by atoms with Crippen LogP contribution in [0, 0.1) is 5.92 Å². The molecule has 8 heteroatoms. The molecule has 1 aliphatic carbocycles. The van der Waals surface area contributed by atoms with Gasteiger partial charge in [-0.2, -0.15) is 0 Å². The standard InChI is InChI=1S/C15H29N3O4S/c1-2-22-9-10-23(20,21)17-12-15(19)18-7-5-14(6-8-18)16-11-13-3-4-13/h13-14,16-17H,2-12H2,1H3. The lowest BCUT2D eigenvalue weighted by Crippen LogP contribution is -2.48. The van der Waals surface area contributed by atoms with Crippen molar-refractivity contribution in [1.82, 2.24) is 14.9 Å². The van der Waals surface area contributed by atoms with Gasteiger partial charge in [-0.05, 0) is 45.1 Å². The molecule has 2 fully saturated rings. The van der Waals surface area contributed by atoms with Gasteiger partial charge in [0.25, 0.3) is 0 Å². The molecule has 1 aliphatic heterocycles. The van der Waals surface area contributed by atoms with Gasteiger partial charge in [0.2, 0.25) is 15.9 Å². The van der Waals surface area contributed by atoms with E-state index in [1.165, 1.54) is 12.8 Å². The Balaban J connectivity index is 1.62. The van der Waals surface area contributed by atoms with Gasteiger partial charge in [0.1, 0.15) is 0 Å². The van der Waals surface area contributed by atoms with Crippen LogP contribution in [0.25, 0.3) is 0 Å². The van der Waals surface area contributed by atoms with E-state index in [1.54, 1.807) is 4.90 Å². The van der Waals surface area contributed by atoms with E-state index in [2.05, 4.69) is 10.0 Å². The summed E-state index contributed by atoms with van der Waals surface area (Å²) in [5.41, 5.74) is 0. The summed E-state index contributed by atoms with van der Waals surface area (Å²) in [6.07, 6.45) is 4.56. The molecule has 1 saturated carbocycles. The van der Waals surface area contributed by atoms with Crippen LogP contribution in [0.1, 0.15) is 32.6 Å². The molecule has 1 amide bonds. The second-order valence-corrected chi connectivity index (χ2v) is 8.27. The zero-order valence-electron chi connectivity index (χ0n) is 13.9. The second kappa shape index (κ2) is 8.96. The first kappa shape index (κ1) is 18.6. The van der Waals surface area contributed by atoms with Gasteiger partial charge in [-0.25, -0.2) is 13.1 Å². The van der Waals surface area contributed by atoms with E-state index >= 15 is 0 Å². The van der Waals surface area contributed by atoms with Crippen molar-refractivity contribution in [2.75, 3.05) is 45.1 Å². The summed E-state index contributed by atoms with van der Waals surface area (Å²) in [5, 5.41) is 3.56. The molecular formula is C15H29N3O4S. The molecule has 0 bridgehead atoms. The van der Waals surface area contributed by atoms with Crippen LogP contribution in [0.5, 0.6) is 0 Å². The number of hydrogen-bond acceptors (Lipinski definition) is 5. The molecule has 0 spiro atoms. The van der Waals surface area contributed by atoms with Crippen LogP contribution < -0.4 is 10.0 Å². The van der Waals surface area contributed by atoms with Crippen molar-refractivity contribution >= 4 is 15.9 Å². The predicted octanol–water partition coefficient (Wildman–Crippen LogP) is -0.0671. The van der Waals surface area contributed by atoms with Crippen LogP contribution in [0.15, 0.2) is 0 Å². The number of carbonyl (C=O) groups excluding carboxylic acids is 1. The number of carbonyl (C=O) groups is 1. The van der Waals surface area contributed by atoms with E-state index in [-0.39, 0.29) is 24.8 Å². The van der Waals surface area contributed by atoms with Crippen molar-refractivity contribution < 1.29 is 17.9 Å². The molecule has 0 aromatic carbocycles. The molecule has 1 heterocycles. The lowest BCUT2D eigenvalue weighted by molar-refractivity contribution is -0.131. The minimum absolute atomic E-state index is 0.110. The number of amides is 1. The van der Waals surface area contributed by atoms with E-state index in [4.69, 9.17) is 4.74 Å². The number of sulfonamides is 1. The fourth-order valence-electron chi connectivity index (χ4n) is 2.66. The molecule has 0 aromatic rings. The van der Waals surface area contributed by atoms with Crippen molar-refractivity contribution in [3.63, 3.8) is 0 Å². The normalized spacial score (nSPS) is 20.0. The molecule has 2 rings (SSSR count). The summed E-state index contributed by atoms with van der Waals surface area (Å²) in [4.78, 5) is 13.9. The quantitative estimate of drug-likeness (QED) is 0.540. The highest BCUT2D eigenvalue weighted by Crippen LogP contribution is 2.28. The van der Waals surface area contributed by atoms with E-state index in [0.717, 1.165) is 25.3 Å². The largest absolute Gasteiger partial charge is 0.381 e. The molecule has 1 saturated heterocycles. The summed E-state index contributed by atoms with van der Waals surface area (Å²) in [7, 11) is -3.44. The lowest BCUT2D eigenvalue weighted by Gasteiger charge is -2.32. The Kier molecular flexibility index (Phi) is 7.26. The van der Waals surface area contributed by atoms with Gasteiger partial charge in [0.15, 0.2) is 0 Å². The van der Waals surface area contributed by atoms with Crippen molar-refractivity contribution in [1.29, 1.82) is 0 Å². The third-order valence-corrected chi connectivity index (χ3v) is 5.67. The topological polar surface area (TPSA) is 87.7 Å². The number of ether oxygens (including phenoxy) is 1. The first-order chi connectivity index (χ1) is 11.0. The zero-order chi connectivity index (χ0) is 16.7. The summed E-state index contributed by atoms with van der Waals surface area (Å²) < 4.78 is 30.8. The molecule has 2 aliphatic rings. The van der Waals surface area contributed by atoms with Gasteiger partial charge in [-0.1, -0.05) is 0 Å². The minimum Gasteiger partial charge on any atom is -0.381 e. The Bertz CT molecular complexity index is 471. The molecule has 0 atom stereocenters. The first-order valence-corrected chi connectivity index (χ1v) is 10.2. The Morgan fingerprint density at radius 3 is 2.52 bits per heavy atom. The molecule has 7 nitrogen and oxygen atoms in total. The van der Waals surface area contributed by atoms with Gasteiger partial charge in [-0.15, -0.1) is 0 Å². The number of likely N-dealkylation sites (tertiary alicyclic amines) is 1. The van der Waals surface area contributed by atoms with Crippen LogP contribution in [-0.2, 0) is 19.6 Å². The third kappa shape index (κ3) is 7.15. The highest BCUT2D eigenvalue weighted by atomic mass is 32.2. The van der Waals surface area contributed by atoms with E-state index < -0.39 is 10.0 Å². The fraction of sp³-hybridized carbons (Fsp3) is 0.933. The average Bonchev–Trinajstić information content (AvgIpc) is 3.36. The maximum absolute atomic E-state index is 12.1. The summed E-state index contributed by atoms with van der Waals surface area (Å²) >= 11 is 0. The van der Waals surface area contributed by atoms with Crippen LogP contribution in [0.2, 0.25) is 0 Å². The number of nitrogens with one attached hydrogen (secondary N) is 2. The fourth-order valence-corrected chi connectivity index (χ4v) is 3.48. The summed E-state index contributed by atoms with van der Waals surface area (Å²) in [6.45, 7) is 4.78. The van der Waals surface area contributed by atoms with Crippen LogP contribution in [0.3, 0.4) is 0 Å². The summed E-state index contributed by atoms with van der Waals surface area (Å²) in [5.74, 6) is 0.604. The van der Waals surface area contributed by atoms with E-state index in [9.17, 15) is 13.2 Å². The summed E-state index contributed by atoms with van der Waals surface area (Å²) in [6, 6.07) is 0.488. The monoisotopic (exact) mass is 347 g/mol. The predicted molar refractivity (Wildman–Crippen MR) is 88.6 cm³/mol. The second-order valence-electron chi connectivity index (χ2n) is 6.34. The van der Waals surface area contributed by atoms with E-state index in [0.29, 0.717) is 25.7 Å². The van der Waals surface area contributed by atoms with Crippen molar-refractivity contribution in [2.45, 2.75) is 38.6 Å². The number of nitrogens with zero attached hydrogens (tertiary/aromatic N) is 1. The number of hydrogen-bond donors (Lipinski definition) is 2. The number of rotatable bonds is 10. The lowest BCUT2D eigenvalue weighted by atomic mass is 10.0. The van der Waals surface area contributed by atoms with Gasteiger partial charge in [0.05, 0.1) is 18.9 Å². The smallest absolute Gasteiger partial charge is 0.237 e. The SMILES string of the molecule is CCOCCS(=O)(=O)NCC(=O)N1CCC(NCC2CC2)CC1. The Hall–Kier alpha value is -0.700. The van der Waals surface area contributed by atoms with Crippen LogP contribution in [0.4, 0.5) is 0 Å². The molecular weight excluding hydrogens is 318 g/mol. The maximum atomic E-state index is 12.1. The highest BCUT2D eigenvalue weighted by Gasteiger charge is 2.26. The van der Waals surface area contributed by atoms with Crippen molar-refractivity contribution in [2.24, 2.45) is 5.92 Å². The maximum Gasteiger partial charge on any atom is 0.237 e. The first-order valence-electron chi connectivity index (χ1n) is 8.56. The average molecular weight is 347 g/mol. The zero-order valence-corrected chi connectivity index (χ0v) is 14.7. The van der Waals surface area contributed by atoms with Crippen molar-refractivity contribution in [3.05, 3.63) is 0 Å². The number of piperidine rings is 1. The molecule has 2 N–H and O–H groups in total. The molecule has 23 heavy (non-hydrogen) atoms. The van der Waals surface area contributed by atoms with Crippen molar-refractivity contribution in [3.8, 4) is 0 Å².